The molecule has 15 heavy (non-hydrogen) atoms. The van der Waals surface area contributed by atoms with Crippen molar-refractivity contribution in [2.24, 2.45) is 5.73 Å². The van der Waals surface area contributed by atoms with Gasteiger partial charge in [0.05, 0.1) is 6.54 Å². The SMILES string of the molecule is CNC(=O)Oc1ccc(C(=O)CN)cc1. The third kappa shape index (κ3) is 3.07. The van der Waals surface area contributed by atoms with E-state index in [0.29, 0.717) is 11.3 Å². The highest BCUT2D eigenvalue weighted by atomic mass is 16.5. The van der Waals surface area contributed by atoms with Crippen molar-refractivity contribution in [2.75, 3.05) is 13.6 Å². The Hall–Kier alpha value is -1.88. The van der Waals surface area contributed by atoms with E-state index in [1.54, 1.807) is 12.1 Å². The Morgan fingerprint density at radius 1 is 1.33 bits per heavy atom. The Morgan fingerprint density at radius 3 is 2.40 bits per heavy atom. The Balaban J connectivity index is 2.72. The summed E-state index contributed by atoms with van der Waals surface area (Å²) in [6.07, 6.45) is -0.548. The van der Waals surface area contributed by atoms with Crippen LogP contribution in [0.25, 0.3) is 0 Å². The number of carbonyl (C=O) groups excluding carboxylic acids is 2. The Morgan fingerprint density at radius 2 is 1.93 bits per heavy atom. The summed E-state index contributed by atoms with van der Waals surface area (Å²) in [5.74, 6) is 0.226. The van der Waals surface area contributed by atoms with Crippen molar-refractivity contribution in [3.05, 3.63) is 29.8 Å². The van der Waals surface area contributed by atoms with Gasteiger partial charge in [0, 0.05) is 12.6 Å². The standard InChI is InChI=1S/C10H12N2O3/c1-12-10(14)15-8-4-2-7(3-5-8)9(13)6-11/h2-5H,6,11H2,1H3,(H,12,14). The van der Waals surface area contributed by atoms with Crippen LogP contribution in [0.3, 0.4) is 0 Å². The molecule has 0 bridgehead atoms. The molecule has 0 aliphatic carbocycles. The summed E-state index contributed by atoms with van der Waals surface area (Å²) in [6, 6.07) is 6.21. The minimum Gasteiger partial charge on any atom is -0.410 e. The highest BCUT2D eigenvalue weighted by molar-refractivity contribution is 5.97. The van der Waals surface area contributed by atoms with Crippen LogP contribution in [-0.2, 0) is 0 Å². The van der Waals surface area contributed by atoms with Gasteiger partial charge in [0.15, 0.2) is 5.78 Å². The summed E-state index contributed by atoms with van der Waals surface area (Å²) < 4.78 is 4.84. The number of rotatable bonds is 3. The van der Waals surface area contributed by atoms with E-state index in [0.717, 1.165) is 0 Å². The Kier molecular flexibility index (Phi) is 3.82. The first-order chi connectivity index (χ1) is 7.17. The van der Waals surface area contributed by atoms with Gasteiger partial charge < -0.3 is 15.8 Å². The molecule has 1 rings (SSSR count). The number of nitrogens with one attached hydrogen (secondary N) is 1. The normalized spacial score (nSPS) is 9.47. The third-order valence-corrected chi connectivity index (χ3v) is 1.78. The highest BCUT2D eigenvalue weighted by Gasteiger charge is 2.04. The fraction of sp³-hybridized carbons (Fsp3) is 0.200. The lowest BCUT2D eigenvalue weighted by Crippen LogP contribution is -2.22. The van der Waals surface area contributed by atoms with E-state index in [2.05, 4.69) is 5.32 Å². The van der Waals surface area contributed by atoms with Crippen LogP contribution in [0.2, 0.25) is 0 Å². The smallest absolute Gasteiger partial charge is 0.410 e. The maximum atomic E-state index is 11.2. The first kappa shape index (κ1) is 11.2. The Bertz CT molecular complexity index is 359. The molecular formula is C10H12N2O3. The average molecular weight is 208 g/mol. The van der Waals surface area contributed by atoms with Gasteiger partial charge in [-0.3, -0.25) is 4.79 Å². The second-order valence-electron chi connectivity index (χ2n) is 2.79. The molecule has 0 saturated carbocycles. The minimum atomic E-state index is -0.548. The molecule has 3 N–H and O–H groups in total. The zero-order chi connectivity index (χ0) is 11.3. The number of nitrogens with two attached hydrogens (primary N) is 1. The van der Waals surface area contributed by atoms with Gasteiger partial charge in [-0.05, 0) is 24.3 Å². The predicted octanol–water partition coefficient (Wildman–Crippen LogP) is 0.546. The molecule has 1 aromatic carbocycles. The Labute approximate surface area is 87.2 Å². The lowest BCUT2D eigenvalue weighted by molar-refractivity contribution is 0.100. The van der Waals surface area contributed by atoms with E-state index in [9.17, 15) is 9.59 Å². The second kappa shape index (κ2) is 5.11. The van der Waals surface area contributed by atoms with Crippen LogP contribution in [0.1, 0.15) is 10.4 Å². The maximum Gasteiger partial charge on any atom is 0.412 e. The van der Waals surface area contributed by atoms with Crippen molar-refractivity contribution in [1.82, 2.24) is 5.32 Å². The molecule has 5 nitrogen and oxygen atoms in total. The summed E-state index contributed by atoms with van der Waals surface area (Å²) in [5, 5.41) is 2.31. The number of carbonyl (C=O) groups is 2. The molecule has 0 atom stereocenters. The number of benzene rings is 1. The molecule has 0 unspecified atom stereocenters. The summed E-state index contributed by atoms with van der Waals surface area (Å²) in [4.78, 5) is 22.0. The van der Waals surface area contributed by atoms with E-state index in [1.807, 2.05) is 0 Å². The van der Waals surface area contributed by atoms with Crippen molar-refractivity contribution in [3.63, 3.8) is 0 Å². The average Bonchev–Trinajstić information content (AvgIpc) is 2.29. The van der Waals surface area contributed by atoms with Crippen molar-refractivity contribution >= 4 is 11.9 Å². The summed E-state index contributed by atoms with van der Waals surface area (Å²) >= 11 is 0. The van der Waals surface area contributed by atoms with Crippen molar-refractivity contribution in [2.45, 2.75) is 0 Å². The van der Waals surface area contributed by atoms with Crippen molar-refractivity contribution in [1.29, 1.82) is 0 Å². The summed E-state index contributed by atoms with van der Waals surface area (Å²) in [6.45, 7) is -0.0321. The molecule has 0 aliphatic heterocycles. The molecule has 80 valence electrons. The number of ether oxygens (including phenoxy) is 1. The van der Waals surface area contributed by atoms with Crippen LogP contribution in [0.15, 0.2) is 24.3 Å². The largest absolute Gasteiger partial charge is 0.412 e. The number of ketones is 1. The van der Waals surface area contributed by atoms with E-state index in [1.165, 1.54) is 19.2 Å². The lowest BCUT2D eigenvalue weighted by atomic mass is 10.1. The van der Waals surface area contributed by atoms with Crippen LogP contribution >= 0.6 is 0 Å². The monoisotopic (exact) mass is 208 g/mol. The molecule has 1 aromatic rings. The van der Waals surface area contributed by atoms with Gasteiger partial charge in [0.1, 0.15) is 5.75 Å². The van der Waals surface area contributed by atoms with Crippen molar-refractivity contribution < 1.29 is 14.3 Å². The third-order valence-electron chi connectivity index (χ3n) is 1.78. The summed E-state index contributed by atoms with van der Waals surface area (Å²) in [5.41, 5.74) is 5.70. The van der Waals surface area contributed by atoms with Crippen LogP contribution in [0, 0.1) is 0 Å². The van der Waals surface area contributed by atoms with Gasteiger partial charge in [-0.1, -0.05) is 0 Å². The highest BCUT2D eigenvalue weighted by Crippen LogP contribution is 2.12. The number of hydrogen-bond acceptors (Lipinski definition) is 4. The quantitative estimate of drug-likeness (QED) is 0.710. The van der Waals surface area contributed by atoms with E-state index < -0.39 is 6.09 Å². The predicted molar refractivity (Wildman–Crippen MR) is 54.9 cm³/mol. The molecule has 1 amide bonds. The number of hydrogen-bond donors (Lipinski definition) is 2. The first-order valence-electron chi connectivity index (χ1n) is 4.40. The van der Waals surface area contributed by atoms with Crippen LogP contribution in [0.5, 0.6) is 5.75 Å². The van der Waals surface area contributed by atoms with Gasteiger partial charge in [0.2, 0.25) is 0 Å². The van der Waals surface area contributed by atoms with Crippen molar-refractivity contribution in [3.8, 4) is 5.75 Å². The zero-order valence-corrected chi connectivity index (χ0v) is 8.32. The van der Waals surface area contributed by atoms with Gasteiger partial charge >= 0.3 is 6.09 Å². The van der Waals surface area contributed by atoms with Crippen LogP contribution < -0.4 is 15.8 Å². The first-order valence-corrected chi connectivity index (χ1v) is 4.40. The number of amides is 1. The molecule has 0 aliphatic rings. The fourth-order valence-corrected chi connectivity index (χ4v) is 0.985. The topological polar surface area (TPSA) is 81.4 Å². The van der Waals surface area contributed by atoms with E-state index in [-0.39, 0.29) is 12.3 Å². The van der Waals surface area contributed by atoms with E-state index >= 15 is 0 Å². The number of Topliss-reactive ketones (excluding diaryl/α,β-unsaturated/α-hetero) is 1. The molecule has 0 radical (unpaired) electrons. The minimum absolute atomic E-state index is 0.0321. The molecule has 0 heterocycles. The molecule has 5 heteroatoms. The van der Waals surface area contributed by atoms with Gasteiger partial charge in [-0.25, -0.2) is 4.79 Å². The zero-order valence-electron chi connectivity index (χ0n) is 8.32. The van der Waals surface area contributed by atoms with Gasteiger partial charge in [-0.15, -0.1) is 0 Å². The van der Waals surface area contributed by atoms with Gasteiger partial charge in [0.25, 0.3) is 0 Å². The molecule has 0 saturated heterocycles. The molecule has 0 fully saturated rings. The molecule has 0 aromatic heterocycles. The fourth-order valence-electron chi connectivity index (χ4n) is 0.985. The van der Waals surface area contributed by atoms with Gasteiger partial charge in [-0.2, -0.15) is 0 Å². The maximum absolute atomic E-state index is 11.2. The molecular weight excluding hydrogens is 196 g/mol. The van der Waals surface area contributed by atoms with Crippen LogP contribution in [0.4, 0.5) is 4.79 Å². The summed E-state index contributed by atoms with van der Waals surface area (Å²) in [7, 11) is 1.47. The molecule has 0 spiro atoms. The lowest BCUT2D eigenvalue weighted by Gasteiger charge is -2.03. The second-order valence-corrected chi connectivity index (χ2v) is 2.79. The van der Waals surface area contributed by atoms with E-state index in [4.69, 9.17) is 10.5 Å². The van der Waals surface area contributed by atoms with Crippen LogP contribution in [-0.4, -0.2) is 25.5 Å².